The first-order chi connectivity index (χ1) is 6.22. The van der Waals surface area contributed by atoms with Crippen LogP contribution in [0.2, 0.25) is 0 Å². The molecule has 70 valence electrons. The van der Waals surface area contributed by atoms with Crippen LogP contribution in [-0.2, 0) is 0 Å². The molecule has 1 atom stereocenters. The van der Waals surface area contributed by atoms with E-state index in [1.54, 1.807) is 24.3 Å². The van der Waals surface area contributed by atoms with Crippen molar-refractivity contribution < 1.29 is 9.50 Å². The SMILES string of the molecule is OC(c1ccccc1)C1(F)CNC1. The molecule has 1 fully saturated rings. The van der Waals surface area contributed by atoms with Gasteiger partial charge in [0.25, 0.3) is 0 Å². The number of aliphatic hydroxyl groups excluding tert-OH is 1. The van der Waals surface area contributed by atoms with Crippen LogP contribution in [0.3, 0.4) is 0 Å². The summed E-state index contributed by atoms with van der Waals surface area (Å²) < 4.78 is 13.7. The lowest BCUT2D eigenvalue weighted by atomic mass is 9.88. The number of hydrogen-bond donors (Lipinski definition) is 2. The van der Waals surface area contributed by atoms with Crippen LogP contribution in [-0.4, -0.2) is 23.9 Å². The third-order valence-corrected chi connectivity index (χ3v) is 2.44. The normalized spacial score (nSPS) is 22.0. The fourth-order valence-electron chi connectivity index (χ4n) is 1.49. The van der Waals surface area contributed by atoms with Crippen molar-refractivity contribution in [2.75, 3.05) is 13.1 Å². The van der Waals surface area contributed by atoms with Gasteiger partial charge in [0.15, 0.2) is 5.67 Å². The molecule has 1 saturated heterocycles. The molecular formula is C10H12FNO. The third kappa shape index (κ3) is 1.45. The maximum Gasteiger partial charge on any atom is 0.165 e. The molecule has 0 spiro atoms. The van der Waals surface area contributed by atoms with Crippen molar-refractivity contribution in [3.63, 3.8) is 0 Å². The predicted octanol–water partition coefficient (Wildman–Crippen LogP) is 1.03. The molecule has 2 rings (SSSR count). The minimum atomic E-state index is -1.47. The molecule has 0 saturated carbocycles. The Hall–Kier alpha value is -0.930. The molecule has 1 aromatic carbocycles. The molecule has 13 heavy (non-hydrogen) atoms. The molecule has 0 bridgehead atoms. The summed E-state index contributed by atoms with van der Waals surface area (Å²) in [6, 6.07) is 8.93. The van der Waals surface area contributed by atoms with E-state index in [9.17, 15) is 9.50 Å². The summed E-state index contributed by atoms with van der Waals surface area (Å²) in [5.41, 5.74) is -0.826. The van der Waals surface area contributed by atoms with E-state index < -0.39 is 11.8 Å². The lowest BCUT2D eigenvalue weighted by Crippen LogP contribution is -2.59. The molecule has 0 aromatic heterocycles. The van der Waals surface area contributed by atoms with E-state index in [1.807, 2.05) is 6.07 Å². The average Bonchev–Trinajstić information content (AvgIpc) is 2.14. The topological polar surface area (TPSA) is 32.3 Å². The Morgan fingerprint density at radius 1 is 1.31 bits per heavy atom. The quantitative estimate of drug-likeness (QED) is 0.714. The molecule has 2 nitrogen and oxygen atoms in total. The van der Waals surface area contributed by atoms with Gasteiger partial charge < -0.3 is 10.4 Å². The van der Waals surface area contributed by atoms with Gasteiger partial charge in [0.1, 0.15) is 6.10 Å². The van der Waals surface area contributed by atoms with E-state index in [-0.39, 0.29) is 13.1 Å². The highest BCUT2D eigenvalue weighted by Crippen LogP contribution is 2.32. The van der Waals surface area contributed by atoms with Crippen molar-refractivity contribution >= 4 is 0 Å². The first-order valence-electron chi connectivity index (χ1n) is 4.35. The van der Waals surface area contributed by atoms with Gasteiger partial charge in [-0.2, -0.15) is 0 Å². The van der Waals surface area contributed by atoms with Crippen LogP contribution >= 0.6 is 0 Å². The maximum absolute atomic E-state index is 13.7. The zero-order valence-corrected chi connectivity index (χ0v) is 7.20. The number of halogens is 1. The zero-order valence-electron chi connectivity index (χ0n) is 7.20. The number of nitrogens with one attached hydrogen (secondary N) is 1. The Kier molecular flexibility index (Phi) is 2.06. The summed E-state index contributed by atoms with van der Waals surface area (Å²) in [6.07, 6.45) is -1.00. The number of aliphatic hydroxyl groups is 1. The van der Waals surface area contributed by atoms with Crippen LogP contribution in [0, 0.1) is 0 Å². The highest BCUT2D eigenvalue weighted by Gasteiger charge is 2.44. The fourth-order valence-corrected chi connectivity index (χ4v) is 1.49. The highest BCUT2D eigenvalue weighted by molar-refractivity contribution is 5.22. The Bertz CT molecular complexity index is 284. The molecule has 0 amide bonds. The summed E-state index contributed by atoms with van der Waals surface area (Å²) in [4.78, 5) is 0. The second kappa shape index (κ2) is 3.09. The second-order valence-electron chi connectivity index (χ2n) is 3.45. The van der Waals surface area contributed by atoms with Crippen LogP contribution in [0.5, 0.6) is 0 Å². The highest BCUT2D eigenvalue weighted by atomic mass is 19.1. The van der Waals surface area contributed by atoms with Gasteiger partial charge in [0.2, 0.25) is 0 Å². The molecular weight excluding hydrogens is 169 g/mol. The van der Waals surface area contributed by atoms with Gasteiger partial charge in [-0.15, -0.1) is 0 Å². The van der Waals surface area contributed by atoms with Crippen LogP contribution in [0.1, 0.15) is 11.7 Å². The predicted molar refractivity (Wildman–Crippen MR) is 48.1 cm³/mol. The van der Waals surface area contributed by atoms with Gasteiger partial charge in [-0.3, -0.25) is 0 Å². The average molecular weight is 181 g/mol. The van der Waals surface area contributed by atoms with E-state index in [2.05, 4.69) is 5.32 Å². The van der Waals surface area contributed by atoms with E-state index in [0.29, 0.717) is 5.56 Å². The van der Waals surface area contributed by atoms with Gasteiger partial charge in [0.05, 0.1) is 0 Å². The van der Waals surface area contributed by atoms with E-state index >= 15 is 0 Å². The Balaban J connectivity index is 2.17. The standard InChI is InChI=1S/C10H12FNO/c11-10(6-12-7-10)9(13)8-4-2-1-3-5-8/h1-5,9,12-13H,6-7H2. The smallest absolute Gasteiger partial charge is 0.165 e. The molecule has 1 aliphatic rings. The molecule has 3 heteroatoms. The minimum Gasteiger partial charge on any atom is -0.385 e. The molecule has 0 radical (unpaired) electrons. The minimum absolute atomic E-state index is 0.239. The second-order valence-corrected chi connectivity index (χ2v) is 3.45. The van der Waals surface area contributed by atoms with Crippen molar-refractivity contribution in [3.8, 4) is 0 Å². The van der Waals surface area contributed by atoms with E-state index in [1.165, 1.54) is 0 Å². The number of rotatable bonds is 2. The van der Waals surface area contributed by atoms with Gasteiger partial charge in [-0.05, 0) is 5.56 Å². The van der Waals surface area contributed by atoms with Crippen molar-refractivity contribution in [3.05, 3.63) is 35.9 Å². The summed E-state index contributed by atoms with van der Waals surface area (Å²) in [6.45, 7) is 0.478. The molecule has 1 aromatic rings. The van der Waals surface area contributed by atoms with Gasteiger partial charge in [0, 0.05) is 13.1 Å². The maximum atomic E-state index is 13.7. The molecule has 2 N–H and O–H groups in total. The fraction of sp³-hybridized carbons (Fsp3) is 0.400. The van der Waals surface area contributed by atoms with E-state index in [4.69, 9.17) is 0 Å². The number of hydrogen-bond acceptors (Lipinski definition) is 2. The van der Waals surface area contributed by atoms with Crippen LogP contribution in [0.25, 0.3) is 0 Å². The molecule has 1 aliphatic heterocycles. The summed E-state index contributed by atoms with van der Waals surface area (Å²) in [7, 11) is 0. The van der Waals surface area contributed by atoms with Crippen molar-refractivity contribution in [1.29, 1.82) is 0 Å². The summed E-state index contributed by atoms with van der Waals surface area (Å²) in [5, 5.41) is 12.5. The largest absolute Gasteiger partial charge is 0.385 e. The lowest BCUT2D eigenvalue weighted by molar-refractivity contribution is -0.0464. The van der Waals surface area contributed by atoms with Crippen LogP contribution < -0.4 is 5.32 Å². The molecule has 0 aliphatic carbocycles. The molecule has 1 heterocycles. The van der Waals surface area contributed by atoms with Crippen molar-refractivity contribution in [2.24, 2.45) is 0 Å². The van der Waals surface area contributed by atoms with Crippen molar-refractivity contribution in [2.45, 2.75) is 11.8 Å². The lowest BCUT2D eigenvalue weighted by Gasteiger charge is -2.38. The van der Waals surface area contributed by atoms with Gasteiger partial charge in [-0.1, -0.05) is 30.3 Å². The van der Waals surface area contributed by atoms with E-state index in [0.717, 1.165) is 0 Å². The zero-order chi connectivity index (χ0) is 9.31. The summed E-state index contributed by atoms with van der Waals surface area (Å²) >= 11 is 0. The molecule has 1 unspecified atom stereocenters. The first-order valence-corrected chi connectivity index (χ1v) is 4.35. The van der Waals surface area contributed by atoms with Crippen LogP contribution in [0.15, 0.2) is 30.3 Å². The number of benzene rings is 1. The van der Waals surface area contributed by atoms with Gasteiger partial charge in [-0.25, -0.2) is 4.39 Å². The first kappa shape index (κ1) is 8.66. The summed E-state index contributed by atoms with van der Waals surface area (Å²) in [5.74, 6) is 0. The Morgan fingerprint density at radius 2 is 1.92 bits per heavy atom. The Morgan fingerprint density at radius 3 is 2.38 bits per heavy atom. The third-order valence-electron chi connectivity index (χ3n) is 2.44. The van der Waals surface area contributed by atoms with Crippen molar-refractivity contribution in [1.82, 2.24) is 5.32 Å². The Labute approximate surface area is 76.4 Å². The number of alkyl halides is 1. The van der Waals surface area contributed by atoms with Crippen LogP contribution in [0.4, 0.5) is 4.39 Å². The monoisotopic (exact) mass is 181 g/mol. The van der Waals surface area contributed by atoms with Gasteiger partial charge >= 0.3 is 0 Å².